The number of hydrogen-bond donors (Lipinski definition) is 0. The summed E-state index contributed by atoms with van der Waals surface area (Å²) in [7, 11) is 0. The van der Waals surface area contributed by atoms with Gasteiger partial charge in [0.1, 0.15) is 5.82 Å². The van der Waals surface area contributed by atoms with Gasteiger partial charge in [0.05, 0.1) is 21.7 Å². The maximum absolute atomic E-state index is 13.6. The monoisotopic (exact) mass is 488 g/mol. The number of halogens is 3. The molecule has 7 heteroatoms. The highest BCUT2D eigenvalue weighted by molar-refractivity contribution is 14.1. The summed E-state index contributed by atoms with van der Waals surface area (Å²) in [6.45, 7) is 1.79. The summed E-state index contributed by atoms with van der Waals surface area (Å²) in [5, 5.41) is 8.92. The highest BCUT2D eigenvalue weighted by atomic mass is 127. The van der Waals surface area contributed by atoms with E-state index < -0.39 is 5.82 Å². The molecule has 0 spiro atoms. The molecule has 0 saturated carbocycles. The number of aromatic nitrogens is 1. The molecule has 0 saturated heterocycles. The zero-order valence-electron chi connectivity index (χ0n) is 12.1. The van der Waals surface area contributed by atoms with E-state index in [1.807, 2.05) is 28.7 Å². The summed E-state index contributed by atoms with van der Waals surface area (Å²) < 4.78 is 15.7. The van der Waals surface area contributed by atoms with Crippen LogP contribution in [-0.2, 0) is 12.8 Å². The molecular weight excluding hydrogens is 478 g/mol. The molecular formula is C16H11BrFIN2O2. The van der Waals surface area contributed by atoms with Crippen LogP contribution in [0.3, 0.4) is 0 Å². The summed E-state index contributed by atoms with van der Waals surface area (Å²) in [5.74, 6) is -0.401. The average molecular weight is 489 g/mol. The van der Waals surface area contributed by atoms with Gasteiger partial charge in [0.25, 0.3) is 5.56 Å². The van der Waals surface area contributed by atoms with Crippen LogP contribution in [-0.4, -0.2) is 10.9 Å². The van der Waals surface area contributed by atoms with Gasteiger partial charge in [0, 0.05) is 21.8 Å². The second kappa shape index (κ2) is 7.36. The molecule has 0 bridgehead atoms. The van der Waals surface area contributed by atoms with E-state index in [0.717, 1.165) is 0 Å². The number of benzene rings is 1. The first-order chi connectivity index (χ1) is 10.9. The first-order valence-corrected chi connectivity index (χ1v) is 8.56. The van der Waals surface area contributed by atoms with Crippen molar-refractivity contribution in [3.05, 3.63) is 59.2 Å². The minimum Gasteiger partial charge on any atom is -0.298 e. The summed E-state index contributed by atoms with van der Waals surface area (Å²) in [6.07, 6.45) is 2.42. The molecule has 0 atom stereocenters. The van der Waals surface area contributed by atoms with Crippen molar-refractivity contribution >= 4 is 44.8 Å². The lowest BCUT2D eigenvalue weighted by molar-refractivity contribution is 0.112. The topological polar surface area (TPSA) is 62.9 Å². The van der Waals surface area contributed by atoms with Crippen molar-refractivity contribution in [1.82, 2.24) is 4.57 Å². The van der Waals surface area contributed by atoms with Gasteiger partial charge in [-0.3, -0.25) is 14.2 Å². The summed E-state index contributed by atoms with van der Waals surface area (Å²) in [6, 6.07) is 4.78. The summed E-state index contributed by atoms with van der Waals surface area (Å²) >= 11 is 5.09. The van der Waals surface area contributed by atoms with Crippen molar-refractivity contribution in [3.63, 3.8) is 0 Å². The van der Waals surface area contributed by atoms with Crippen molar-refractivity contribution in [2.45, 2.75) is 19.8 Å². The Bertz CT molecular complexity index is 887. The minimum atomic E-state index is -0.401. The van der Waals surface area contributed by atoms with Gasteiger partial charge in [0.2, 0.25) is 0 Å². The molecule has 118 valence electrons. The molecule has 0 aliphatic rings. The third-order valence-corrected chi connectivity index (χ3v) is 4.91. The summed E-state index contributed by atoms with van der Waals surface area (Å²) in [4.78, 5) is 24.1. The Labute approximate surface area is 154 Å². The molecule has 2 rings (SSSR count). The highest BCUT2D eigenvalue weighted by Gasteiger charge is 2.17. The Balaban J connectivity index is 2.85. The number of carbonyl (C=O) groups is 1. The van der Waals surface area contributed by atoms with Gasteiger partial charge in [-0.2, -0.15) is 5.26 Å². The molecule has 0 radical (unpaired) electrons. The van der Waals surface area contributed by atoms with E-state index in [4.69, 9.17) is 5.26 Å². The van der Waals surface area contributed by atoms with Crippen LogP contribution in [0.2, 0.25) is 0 Å². The fourth-order valence-corrected chi connectivity index (χ4v) is 3.31. The van der Waals surface area contributed by atoms with E-state index in [9.17, 15) is 14.0 Å². The van der Waals surface area contributed by atoms with Crippen LogP contribution in [0.25, 0.3) is 5.69 Å². The first kappa shape index (κ1) is 17.8. The number of nitrogens with zero attached hydrogens (tertiary/aromatic N) is 2. The molecule has 0 aliphatic heterocycles. The average Bonchev–Trinajstić information content (AvgIpc) is 2.52. The van der Waals surface area contributed by atoms with E-state index in [1.165, 1.54) is 22.9 Å². The fraction of sp³-hybridized carbons (Fsp3) is 0.188. The van der Waals surface area contributed by atoms with Crippen molar-refractivity contribution in [2.24, 2.45) is 0 Å². The van der Waals surface area contributed by atoms with E-state index in [2.05, 4.69) is 15.9 Å². The van der Waals surface area contributed by atoms with Crippen molar-refractivity contribution < 1.29 is 9.18 Å². The van der Waals surface area contributed by atoms with Crippen LogP contribution in [0, 0.1) is 20.7 Å². The number of aldehydes is 1. The Morgan fingerprint density at radius 3 is 2.70 bits per heavy atom. The van der Waals surface area contributed by atoms with Crippen LogP contribution in [0.4, 0.5) is 4.39 Å². The molecule has 0 unspecified atom stereocenters. The van der Waals surface area contributed by atoms with Gasteiger partial charge in [-0.25, -0.2) is 4.39 Å². The molecule has 0 amide bonds. The zero-order valence-corrected chi connectivity index (χ0v) is 15.8. The van der Waals surface area contributed by atoms with Crippen LogP contribution >= 0.6 is 38.5 Å². The maximum Gasteiger partial charge on any atom is 0.258 e. The zero-order chi connectivity index (χ0) is 17.1. The molecule has 2 aromatic rings. The highest BCUT2D eigenvalue weighted by Crippen LogP contribution is 2.26. The number of carbonyl (C=O) groups excluding carboxylic acids is 1. The van der Waals surface area contributed by atoms with Gasteiger partial charge in [-0.15, -0.1) is 0 Å². The molecule has 1 aromatic heterocycles. The molecule has 23 heavy (non-hydrogen) atoms. The van der Waals surface area contributed by atoms with Crippen LogP contribution < -0.4 is 5.56 Å². The van der Waals surface area contributed by atoms with Crippen molar-refractivity contribution in [1.29, 1.82) is 5.26 Å². The van der Waals surface area contributed by atoms with E-state index in [0.29, 0.717) is 37.6 Å². The number of rotatable bonds is 4. The van der Waals surface area contributed by atoms with E-state index in [1.54, 1.807) is 6.92 Å². The standard InChI is InChI=1S/C16H11BrFIN2O2/c1-2-10-11(3-4-20)9(8-22)7-21(16(10)23)15-6-14(19)13(18)5-12(15)17/h5-8H,2-3H2,1H3. The maximum atomic E-state index is 13.6. The van der Waals surface area contributed by atoms with Crippen molar-refractivity contribution in [3.8, 4) is 11.8 Å². The fourth-order valence-electron chi connectivity index (χ4n) is 2.35. The first-order valence-electron chi connectivity index (χ1n) is 6.69. The molecule has 0 fully saturated rings. The molecule has 1 heterocycles. The van der Waals surface area contributed by atoms with Gasteiger partial charge in [-0.1, -0.05) is 6.92 Å². The van der Waals surface area contributed by atoms with Crippen molar-refractivity contribution in [2.75, 3.05) is 0 Å². The Hall–Kier alpha value is -1.53. The van der Waals surface area contributed by atoms with Gasteiger partial charge in [0.15, 0.2) is 6.29 Å². The van der Waals surface area contributed by atoms with Gasteiger partial charge >= 0.3 is 0 Å². The summed E-state index contributed by atoms with van der Waals surface area (Å²) in [5.41, 5.74) is 1.30. The quantitative estimate of drug-likeness (QED) is 0.373. The normalized spacial score (nSPS) is 10.4. The number of nitriles is 1. The molecule has 4 nitrogen and oxygen atoms in total. The number of pyridine rings is 1. The second-order valence-corrected chi connectivity index (χ2v) is 6.76. The minimum absolute atomic E-state index is 0.00452. The van der Waals surface area contributed by atoms with Crippen LogP contribution in [0.15, 0.2) is 27.6 Å². The van der Waals surface area contributed by atoms with Crippen LogP contribution in [0.1, 0.15) is 28.4 Å². The van der Waals surface area contributed by atoms with E-state index in [-0.39, 0.29) is 17.5 Å². The Morgan fingerprint density at radius 2 is 2.13 bits per heavy atom. The SMILES string of the molecule is CCc1c(CC#N)c(C=O)cn(-c2cc(I)c(F)cc2Br)c1=O. The van der Waals surface area contributed by atoms with Gasteiger partial charge < -0.3 is 0 Å². The molecule has 0 N–H and O–H groups in total. The van der Waals surface area contributed by atoms with Gasteiger partial charge in [-0.05, 0) is 62.6 Å². The van der Waals surface area contributed by atoms with E-state index >= 15 is 0 Å². The third-order valence-electron chi connectivity index (χ3n) is 3.44. The predicted molar refractivity (Wildman–Crippen MR) is 96.5 cm³/mol. The third kappa shape index (κ3) is 3.38. The van der Waals surface area contributed by atoms with Crippen LogP contribution in [0.5, 0.6) is 0 Å². The Kier molecular flexibility index (Phi) is 5.70. The second-order valence-electron chi connectivity index (χ2n) is 4.74. The number of hydrogen-bond acceptors (Lipinski definition) is 3. The Morgan fingerprint density at radius 1 is 1.43 bits per heavy atom. The lowest BCUT2D eigenvalue weighted by atomic mass is 10.00. The lowest BCUT2D eigenvalue weighted by Gasteiger charge is -2.15. The molecule has 0 aliphatic carbocycles. The predicted octanol–water partition coefficient (Wildman–Crippen LogP) is 3.78. The smallest absolute Gasteiger partial charge is 0.258 e. The molecule has 1 aromatic carbocycles. The largest absolute Gasteiger partial charge is 0.298 e. The lowest BCUT2D eigenvalue weighted by Crippen LogP contribution is -2.25.